The Morgan fingerprint density at radius 2 is 1.74 bits per heavy atom. The minimum Gasteiger partial charge on any atom is -0.355 e. The summed E-state index contributed by atoms with van der Waals surface area (Å²) in [6.45, 7) is 4.47. The smallest absolute Gasteiger partial charge is 0.244 e. The van der Waals surface area contributed by atoms with E-state index in [9.17, 15) is 22.8 Å². The molecule has 0 saturated carbocycles. The number of likely N-dealkylation sites (N-methyl/N-ethyl adjacent to an activating group) is 1. The maximum Gasteiger partial charge on any atom is 0.244 e. The number of benzene rings is 2. The second-order valence-corrected chi connectivity index (χ2v) is 10.4. The Morgan fingerprint density at radius 3 is 2.29 bits per heavy atom. The van der Waals surface area contributed by atoms with Gasteiger partial charge >= 0.3 is 0 Å². The van der Waals surface area contributed by atoms with Crippen LogP contribution in [0.25, 0.3) is 0 Å². The number of nitrogens with zero attached hydrogens (tertiary/aromatic N) is 2. The maximum atomic E-state index is 13.4. The molecular formula is C23H27Cl2N3O5S. The van der Waals surface area contributed by atoms with Gasteiger partial charge in [-0.2, -0.15) is 0 Å². The van der Waals surface area contributed by atoms with E-state index < -0.39 is 28.5 Å². The molecule has 34 heavy (non-hydrogen) atoms. The van der Waals surface area contributed by atoms with Crippen LogP contribution in [0.5, 0.6) is 0 Å². The van der Waals surface area contributed by atoms with E-state index in [0.717, 1.165) is 10.6 Å². The van der Waals surface area contributed by atoms with E-state index in [-0.39, 0.29) is 28.9 Å². The molecule has 184 valence electrons. The number of nitrogens with one attached hydrogen (secondary N) is 1. The molecule has 0 saturated heterocycles. The number of rotatable bonds is 10. The lowest BCUT2D eigenvalue weighted by Crippen LogP contribution is -2.51. The zero-order chi connectivity index (χ0) is 25.6. The second kappa shape index (κ2) is 11.7. The number of sulfonamides is 1. The van der Waals surface area contributed by atoms with Crippen molar-refractivity contribution < 1.29 is 22.8 Å². The summed E-state index contributed by atoms with van der Waals surface area (Å²) in [6.07, 6.45) is 0.969. The van der Waals surface area contributed by atoms with Crippen LogP contribution < -0.4 is 9.62 Å². The largest absolute Gasteiger partial charge is 0.355 e. The average molecular weight is 528 g/mol. The molecule has 1 atom stereocenters. The highest BCUT2D eigenvalue weighted by molar-refractivity contribution is 7.92. The van der Waals surface area contributed by atoms with Crippen molar-refractivity contribution >= 4 is 56.5 Å². The molecule has 2 amide bonds. The summed E-state index contributed by atoms with van der Waals surface area (Å²) in [5.74, 6) is -1.24. The molecule has 11 heteroatoms. The Morgan fingerprint density at radius 1 is 1.06 bits per heavy atom. The van der Waals surface area contributed by atoms with E-state index in [1.54, 1.807) is 44.2 Å². The Bertz CT molecular complexity index is 1190. The third kappa shape index (κ3) is 7.19. The van der Waals surface area contributed by atoms with Gasteiger partial charge in [0, 0.05) is 18.7 Å². The van der Waals surface area contributed by atoms with Crippen LogP contribution in [0.4, 0.5) is 5.69 Å². The topological polar surface area (TPSA) is 104 Å². The lowest BCUT2D eigenvalue weighted by atomic mass is 10.1. The fraction of sp³-hybridized carbons (Fsp3) is 0.348. The van der Waals surface area contributed by atoms with Gasteiger partial charge in [0.15, 0.2) is 5.78 Å². The first-order chi connectivity index (χ1) is 15.8. The van der Waals surface area contributed by atoms with Crippen LogP contribution in [0.2, 0.25) is 10.0 Å². The first-order valence-electron chi connectivity index (χ1n) is 10.4. The summed E-state index contributed by atoms with van der Waals surface area (Å²) < 4.78 is 26.1. The van der Waals surface area contributed by atoms with Crippen molar-refractivity contribution in [1.29, 1.82) is 0 Å². The van der Waals surface area contributed by atoms with Gasteiger partial charge in [-0.15, -0.1) is 0 Å². The lowest BCUT2D eigenvalue weighted by Gasteiger charge is -2.31. The molecule has 0 aliphatic heterocycles. The van der Waals surface area contributed by atoms with Gasteiger partial charge in [0.2, 0.25) is 21.8 Å². The van der Waals surface area contributed by atoms with Crippen molar-refractivity contribution in [3.05, 3.63) is 63.6 Å². The number of ketones is 1. The molecule has 0 unspecified atom stereocenters. The number of hydrogen-bond donors (Lipinski definition) is 1. The fourth-order valence-corrected chi connectivity index (χ4v) is 4.40. The van der Waals surface area contributed by atoms with Crippen molar-refractivity contribution in [2.75, 3.05) is 23.7 Å². The van der Waals surface area contributed by atoms with E-state index in [4.69, 9.17) is 23.2 Å². The molecule has 2 rings (SSSR count). The van der Waals surface area contributed by atoms with Gasteiger partial charge in [-0.25, -0.2) is 8.42 Å². The fourth-order valence-electron chi connectivity index (χ4n) is 3.23. The molecule has 0 radical (unpaired) electrons. The molecule has 0 fully saturated rings. The molecule has 0 aromatic heterocycles. The molecule has 0 aliphatic rings. The summed E-state index contributed by atoms with van der Waals surface area (Å²) in [6, 6.07) is 9.94. The normalized spacial score (nSPS) is 12.1. The summed E-state index contributed by atoms with van der Waals surface area (Å²) in [4.78, 5) is 39.0. The Labute approximate surface area is 209 Å². The molecule has 0 aliphatic carbocycles. The van der Waals surface area contributed by atoms with Gasteiger partial charge in [-0.1, -0.05) is 41.4 Å². The van der Waals surface area contributed by atoms with Gasteiger partial charge in [-0.05, 0) is 50.6 Å². The summed E-state index contributed by atoms with van der Waals surface area (Å²) in [5.41, 5.74) is 1.09. The first-order valence-corrected chi connectivity index (χ1v) is 13.0. The zero-order valence-corrected chi connectivity index (χ0v) is 21.7. The number of carbonyl (C=O) groups is 3. The third-order valence-electron chi connectivity index (χ3n) is 5.08. The van der Waals surface area contributed by atoms with Gasteiger partial charge in [0.25, 0.3) is 0 Å². The SMILES string of the molecule is CCNC(=O)[C@@H](C)N(Cc1ccc(Cl)c(Cl)c1)C(=O)CN(c1cccc(C(C)=O)c1)S(C)(=O)=O. The molecule has 8 nitrogen and oxygen atoms in total. The Kier molecular flexibility index (Phi) is 9.49. The van der Waals surface area contributed by atoms with Crippen molar-refractivity contribution in [3.8, 4) is 0 Å². The molecule has 1 N–H and O–H groups in total. The van der Waals surface area contributed by atoms with Crippen LogP contribution in [0.3, 0.4) is 0 Å². The number of halogens is 2. The predicted octanol–water partition coefficient (Wildman–Crippen LogP) is 3.52. The van der Waals surface area contributed by atoms with E-state index in [2.05, 4.69) is 5.32 Å². The lowest BCUT2D eigenvalue weighted by molar-refractivity contribution is -0.139. The highest BCUT2D eigenvalue weighted by Gasteiger charge is 2.30. The highest BCUT2D eigenvalue weighted by atomic mass is 35.5. The number of carbonyl (C=O) groups excluding carboxylic acids is 3. The van der Waals surface area contributed by atoms with Crippen molar-refractivity contribution in [2.24, 2.45) is 0 Å². The summed E-state index contributed by atoms with van der Waals surface area (Å²) in [7, 11) is -3.89. The molecule has 0 heterocycles. The van der Waals surface area contributed by atoms with Gasteiger partial charge in [0.05, 0.1) is 22.0 Å². The molecule has 2 aromatic carbocycles. The standard InChI is InChI=1S/C23H27Cl2N3O5S/c1-5-26-23(31)15(2)27(13-17-9-10-20(24)21(25)11-17)22(30)14-28(34(4,32)33)19-8-6-7-18(12-19)16(3)29/h6-12,15H,5,13-14H2,1-4H3,(H,26,31)/t15-/m1/s1. The minimum atomic E-state index is -3.89. The van der Waals surface area contributed by atoms with Crippen LogP contribution in [0.1, 0.15) is 36.7 Å². The molecule has 0 bridgehead atoms. The van der Waals surface area contributed by atoms with E-state index in [0.29, 0.717) is 22.7 Å². The van der Waals surface area contributed by atoms with Gasteiger partial charge < -0.3 is 10.2 Å². The minimum absolute atomic E-state index is 0.000882. The zero-order valence-electron chi connectivity index (χ0n) is 19.3. The van der Waals surface area contributed by atoms with Crippen LogP contribution in [-0.2, 0) is 26.2 Å². The number of anilines is 1. The van der Waals surface area contributed by atoms with Gasteiger partial charge in [-0.3, -0.25) is 18.7 Å². The van der Waals surface area contributed by atoms with E-state index >= 15 is 0 Å². The van der Waals surface area contributed by atoms with Crippen LogP contribution >= 0.6 is 23.2 Å². The predicted molar refractivity (Wildman–Crippen MR) is 134 cm³/mol. The summed E-state index contributed by atoms with van der Waals surface area (Å²) >= 11 is 12.1. The van der Waals surface area contributed by atoms with Crippen LogP contribution in [-0.4, -0.2) is 56.3 Å². The first kappa shape index (κ1) is 27.6. The van der Waals surface area contributed by atoms with Crippen molar-refractivity contribution in [3.63, 3.8) is 0 Å². The van der Waals surface area contributed by atoms with Crippen molar-refractivity contribution in [1.82, 2.24) is 10.2 Å². The van der Waals surface area contributed by atoms with Gasteiger partial charge in [0.1, 0.15) is 12.6 Å². The number of amides is 2. The average Bonchev–Trinajstić information content (AvgIpc) is 2.77. The maximum absolute atomic E-state index is 13.4. The highest BCUT2D eigenvalue weighted by Crippen LogP contribution is 2.25. The Balaban J connectivity index is 2.44. The second-order valence-electron chi connectivity index (χ2n) is 7.72. The number of Topliss-reactive ketones (excluding diaryl/α,β-unsaturated/α-hetero) is 1. The third-order valence-corrected chi connectivity index (χ3v) is 6.95. The monoisotopic (exact) mass is 527 g/mol. The summed E-state index contributed by atoms with van der Waals surface area (Å²) in [5, 5.41) is 3.30. The van der Waals surface area contributed by atoms with Crippen molar-refractivity contribution in [2.45, 2.75) is 33.4 Å². The molecule has 0 spiro atoms. The molecule has 2 aromatic rings. The van der Waals surface area contributed by atoms with E-state index in [1.807, 2.05) is 0 Å². The number of hydrogen-bond acceptors (Lipinski definition) is 5. The Hall–Kier alpha value is -2.62. The quantitative estimate of drug-likeness (QED) is 0.476. The van der Waals surface area contributed by atoms with Crippen LogP contribution in [0, 0.1) is 0 Å². The van der Waals surface area contributed by atoms with E-state index in [1.165, 1.54) is 24.0 Å². The van der Waals surface area contributed by atoms with Crippen LogP contribution in [0.15, 0.2) is 42.5 Å². The molecular weight excluding hydrogens is 501 g/mol.